The minimum atomic E-state index is -0.269. The highest BCUT2D eigenvalue weighted by molar-refractivity contribution is 5.94. The van der Waals surface area contributed by atoms with E-state index in [1.54, 1.807) is 0 Å². The largest absolute Gasteiger partial charge is 0.368 e. The fourth-order valence-corrected chi connectivity index (χ4v) is 3.39. The number of piperidine rings is 1. The third kappa shape index (κ3) is 4.08. The van der Waals surface area contributed by atoms with E-state index in [9.17, 15) is 4.79 Å². The smallest absolute Gasteiger partial charge is 0.253 e. The van der Waals surface area contributed by atoms with Crippen molar-refractivity contribution in [3.8, 4) is 0 Å². The van der Waals surface area contributed by atoms with Crippen molar-refractivity contribution in [2.75, 3.05) is 25.0 Å². The van der Waals surface area contributed by atoms with Gasteiger partial charge in [0.25, 0.3) is 5.91 Å². The molecule has 2 heterocycles. The first-order valence-corrected chi connectivity index (χ1v) is 8.44. The molecule has 2 aliphatic rings. The second kappa shape index (κ2) is 7.25. The van der Waals surface area contributed by atoms with Gasteiger partial charge < -0.3 is 10.1 Å². The molecule has 0 spiro atoms. The van der Waals surface area contributed by atoms with Crippen LogP contribution in [0, 0.1) is 5.92 Å². The normalized spacial score (nSPS) is 26.0. The molecule has 0 aliphatic carbocycles. The molecule has 2 fully saturated rings. The lowest BCUT2D eigenvalue weighted by molar-refractivity contribution is -0.124. The molecular weight excluding hydrogens is 276 g/mol. The van der Waals surface area contributed by atoms with Crippen molar-refractivity contribution in [1.29, 1.82) is 0 Å². The van der Waals surface area contributed by atoms with Gasteiger partial charge in [-0.1, -0.05) is 19.1 Å². The maximum atomic E-state index is 12.0. The molecule has 3 rings (SSSR count). The number of ether oxygens (including phenoxy) is 1. The Kier molecular flexibility index (Phi) is 5.11. The molecule has 1 amide bonds. The molecule has 4 nitrogen and oxygen atoms in total. The molecule has 0 saturated carbocycles. The first-order chi connectivity index (χ1) is 10.7. The first kappa shape index (κ1) is 15.5. The minimum Gasteiger partial charge on any atom is -0.368 e. The molecule has 120 valence electrons. The summed E-state index contributed by atoms with van der Waals surface area (Å²) in [6.45, 7) is 6.42. The summed E-state index contributed by atoms with van der Waals surface area (Å²) < 4.78 is 5.40. The quantitative estimate of drug-likeness (QED) is 0.929. The number of rotatable bonds is 4. The summed E-state index contributed by atoms with van der Waals surface area (Å²) in [5.41, 5.74) is 2.17. The van der Waals surface area contributed by atoms with Crippen LogP contribution in [0.3, 0.4) is 0 Å². The van der Waals surface area contributed by atoms with Crippen LogP contribution in [0.5, 0.6) is 0 Å². The monoisotopic (exact) mass is 302 g/mol. The fourth-order valence-electron chi connectivity index (χ4n) is 3.39. The van der Waals surface area contributed by atoms with Crippen molar-refractivity contribution < 1.29 is 9.53 Å². The molecule has 0 aromatic heterocycles. The molecule has 1 aromatic rings. The Labute approximate surface area is 132 Å². The Balaban J connectivity index is 1.52. The summed E-state index contributed by atoms with van der Waals surface area (Å²) in [4.78, 5) is 14.5. The van der Waals surface area contributed by atoms with Gasteiger partial charge in [-0.05, 0) is 55.8 Å². The van der Waals surface area contributed by atoms with Crippen LogP contribution in [-0.2, 0) is 16.1 Å². The van der Waals surface area contributed by atoms with E-state index in [0.717, 1.165) is 31.0 Å². The van der Waals surface area contributed by atoms with E-state index in [-0.39, 0.29) is 12.0 Å². The number of hydrogen-bond donors (Lipinski definition) is 1. The first-order valence-electron chi connectivity index (χ1n) is 8.44. The van der Waals surface area contributed by atoms with Gasteiger partial charge in [-0.3, -0.25) is 9.69 Å². The van der Waals surface area contributed by atoms with Crippen LogP contribution in [-0.4, -0.2) is 36.6 Å². The van der Waals surface area contributed by atoms with Gasteiger partial charge in [0, 0.05) is 25.4 Å². The highest BCUT2D eigenvalue weighted by Gasteiger charge is 2.23. The Morgan fingerprint density at radius 2 is 2.09 bits per heavy atom. The van der Waals surface area contributed by atoms with Gasteiger partial charge in [-0.15, -0.1) is 0 Å². The van der Waals surface area contributed by atoms with Crippen LogP contribution in [0.25, 0.3) is 0 Å². The Morgan fingerprint density at radius 1 is 1.27 bits per heavy atom. The third-order valence-corrected chi connectivity index (χ3v) is 4.59. The average molecular weight is 302 g/mol. The molecule has 2 saturated heterocycles. The predicted molar refractivity (Wildman–Crippen MR) is 87.7 cm³/mol. The number of anilines is 1. The second-order valence-corrected chi connectivity index (χ2v) is 6.67. The van der Waals surface area contributed by atoms with Gasteiger partial charge in [0.2, 0.25) is 0 Å². The lowest BCUT2D eigenvalue weighted by Crippen LogP contribution is -2.33. The zero-order chi connectivity index (χ0) is 15.4. The van der Waals surface area contributed by atoms with E-state index in [1.165, 1.54) is 31.5 Å². The van der Waals surface area contributed by atoms with E-state index in [2.05, 4.69) is 29.3 Å². The van der Waals surface area contributed by atoms with E-state index in [0.29, 0.717) is 6.61 Å². The van der Waals surface area contributed by atoms with Gasteiger partial charge in [-0.2, -0.15) is 0 Å². The lowest BCUT2D eigenvalue weighted by atomic mass is 10.00. The van der Waals surface area contributed by atoms with Crippen LogP contribution in [0.4, 0.5) is 5.69 Å². The van der Waals surface area contributed by atoms with Crippen LogP contribution >= 0.6 is 0 Å². The SMILES string of the molecule is C[C@@H]1CCCN(Cc2ccc(NC(=O)[C@@H]3CCCO3)cc2)C1. The van der Waals surface area contributed by atoms with Gasteiger partial charge in [0.15, 0.2) is 0 Å². The summed E-state index contributed by atoms with van der Waals surface area (Å²) >= 11 is 0. The summed E-state index contributed by atoms with van der Waals surface area (Å²) in [6, 6.07) is 8.22. The van der Waals surface area contributed by atoms with Gasteiger partial charge in [0.1, 0.15) is 6.10 Å². The van der Waals surface area contributed by atoms with Crippen molar-refractivity contribution in [3.05, 3.63) is 29.8 Å². The van der Waals surface area contributed by atoms with Crippen molar-refractivity contribution in [1.82, 2.24) is 4.90 Å². The predicted octanol–water partition coefficient (Wildman–Crippen LogP) is 3.04. The van der Waals surface area contributed by atoms with Gasteiger partial charge >= 0.3 is 0 Å². The van der Waals surface area contributed by atoms with E-state index in [4.69, 9.17) is 4.74 Å². The molecule has 0 unspecified atom stereocenters. The van der Waals surface area contributed by atoms with Crippen LogP contribution < -0.4 is 5.32 Å². The lowest BCUT2D eigenvalue weighted by Gasteiger charge is -2.30. The number of nitrogens with zero attached hydrogens (tertiary/aromatic N) is 1. The van der Waals surface area contributed by atoms with Crippen molar-refractivity contribution in [2.45, 2.75) is 45.3 Å². The van der Waals surface area contributed by atoms with E-state index >= 15 is 0 Å². The Bertz CT molecular complexity index is 494. The molecule has 0 radical (unpaired) electrons. The van der Waals surface area contributed by atoms with Crippen LogP contribution in [0.2, 0.25) is 0 Å². The number of amides is 1. The molecule has 4 heteroatoms. The molecular formula is C18H26N2O2. The number of likely N-dealkylation sites (tertiary alicyclic amines) is 1. The summed E-state index contributed by atoms with van der Waals surface area (Å²) in [7, 11) is 0. The molecule has 22 heavy (non-hydrogen) atoms. The average Bonchev–Trinajstić information content (AvgIpc) is 3.04. The third-order valence-electron chi connectivity index (χ3n) is 4.59. The van der Waals surface area contributed by atoms with E-state index in [1.807, 2.05) is 12.1 Å². The number of benzene rings is 1. The maximum Gasteiger partial charge on any atom is 0.253 e. The van der Waals surface area contributed by atoms with Crippen molar-refractivity contribution >= 4 is 11.6 Å². The van der Waals surface area contributed by atoms with Crippen molar-refractivity contribution in [2.24, 2.45) is 5.92 Å². The molecule has 1 aromatic carbocycles. The molecule has 2 aliphatic heterocycles. The van der Waals surface area contributed by atoms with Crippen LogP contribution in [0.1, 0.15) is 38.2 Å². The van der Waals surface area contributed by atoms with Gasteiger partial charge in [0.05, 0.1) is 0 Å². The number of carbonyl (C=O) groups is 1. The zero-order valence-corrected chi connectivity index (χ0v) is 13.4. The minimum absolute atomic E-state index is 0.0184. The zero-order valence-electron chi connectivity index (χ0n) is 13.4. The number of carbonyl (C=O) groups excluding carboxylic acids is 1. The standard InChI is InChI=1S/C18H26N2O2/c1-14-4-2-10-20(12-14)13-15-6-8-16(9-7-15)19-18(21)17-5-3-11-22-17/h6-9,14,17H,2-5,10-13H2,1H3,(H,19,21)/t14-,17+/m1/s1. The second-order valence-electron chi connectivity index (χ2n) is 6.67. The molecule has 2 atom stereocenters. The Morgan fingerprint density at radius 3 is 2.77 bits per heavy atom. The summed E-state index contributed by atoms with van der Waals surface area (Å²) in [5.74, 6) is 0.786. The highest BCUT2D eigenvalue weighted by atomic mass is 16.5. The van der Waals surface area contributed by atoms with Crippen LogP contribution in [0.15, 0.2) is 24.3 Å². The molecule has 1 N–H and O–H groups in total. The van der Waals surface area contributed by atoms with E-state index < -0.39 is 0 Å². The maximum absolute atomic E-state index is 12.0. The highest BCUT2D eigenvalue weighted by Crippen LogP contribution is 2.19. The topological polar surface area (TPSA) is 41.6 Å². The summed E-state index contributed by atoms with van der Waals surface area (Å²) in [6.07, 6.45) is 4.19. The Hall–Kier alpha value is -1.39. The number of nitrogens with one attached hydrogen (secondary N) is 1. The number of hydrogen-bond acceptors (Lipinski definition) is 3. The molecule has 0 bridgehead atoms. The summed E-state index contributed by atoms with van der Waals surface area (Å²) in [5, 5.41) is 2.94. The fraction of sp³-hybridized carbons (Fsp3) is 0.611. The van der Waals surface area contributed by atoms with Gasteiger partial charge in [-0.25, -0.2) is 0 Å². The van der Waals surface area contributed by atoms with Crippen molar-refractivity contribution in [3.63, 3.8) is 0 Å².